The molecule has 10 nitrogen and oxygen atoms in total. The molecule has 3 rings (SSSR count). The molecule has 3 aromatic rings. The second-order valence-corrected chi connectivity index (χ2v) is 8.29. The van der Waals surface area contributed by atoms with Crippen molar-refractivity contribution in [3.8, 4) is 17.1 Å². The molecule has 0 radical (unpaired) electrons. The first-order valence-corrected chi connectivity index (χ1v) is 9.30. The molecule has 0 atom stereocenters. The van der Waals surface area contributed by atoms with Crippen LogP contribution in [0.3, 0.4) is 0 Å². The van der Waals surface area contributed by atoms with Crippen molar-refractivity contribution in [1.82, 2.24) is 23.4 Å². The Morgan fingerprint density at radius 2 is 1.81 bits per heavy atom. The normalized spacial score (nSPS) is 12.1. The maximum absolute atomic E-state index is 12.3. The average molecular weight is 393 g/mol. The van der Waals surface area contributed by atoms with Gasteiger partial charge >= 0.3 is 5.69 Å². The molecule has 0 aliphatic carbocycles. The number of methoxy groups -OCH3 is 1. The summed E-state index contributed by atoms with van der Waals surface area (Å²) in [6.07, 6.45) is 0. The number of nitrogens with one attached hydrogen (secondary N) is 1. The van der Waals surface area contributed by atoms with E-state index >= 15 is 0 Å². The summed E-state index contributed by atoms with van der Waals surface area (Å²) in [5, 5.41) is 0. The molecule has 0 aliphatic rings. The van der Waals surface area contributed by atoms with Crippen LogP contribution in [0.1, 0.15) is 0 Å². The largest absolute Gasteiger partial charge is 0.496 e. The number of aryl methyl sites for hydroxylation is 1. The Hall–Kier alpha value is -2.92. The maximum Gasteiger partial charge on any atom is 0.332 e. The molecule has 0 fully saturated rings. The lowest BCUT2D eigenvalue weighted by atomic mass is 10.2. The van der Waals surface area contributed by atoms with Gasteiger partial charge in [0.25, 0.3) is 5.56 Å². The minimum atomic E-state index is -3.63. The molecule has 1 aromatic carbocycles. The highest BCUT2D eigenvalue weighted by Gasteiger charge is 2.21. The van der Waals surface area contributed by atoms with Gasteiger partial charge in [-0.05, 0) is 12.1 Å². The zero-order chi connectivity index (χ0) is 20.1. The standard InChI is InChI=1S/C16H19N5O5S/c1-19(2)27(24,25)9-6-7-10(11(8-9)26-5)13-17-12-14(18-13)20(3)16(23)21(4)15(12)22/h6-8H,1-5H3,(H,17,18). The first-order valence-electron chi connectivity index (χ1n) is 7.86. The molecule has 0 aliphatic heterocycles. The van der Waals surface area contributed by atoms with E-state index in [9.17, 15) is 18.0 Å². The third-order valence-corrected chi connectivity index (χ3v) is 6.11. The third kappa shape index (κ3) is 2.84. The highest BCUT2D eigenvalue weighted by Crippen LogP contribution is 2.31. The summed E-state index contributed by atoms with van der Waals surface area (Å²) < 4.78 is 33.3. The average Bonchev–Trinajstić information content (AvgIpc) is 3.09. The van der Waals surface area contributed by atoms with Crippen LogP contribution in [0.2, 0.25) is 0 Å². The van der Waals surface area contributed by atoms with Crippen LogP contribution in [0.5, 0.6) is 5.75 Å². The van der Waals surface area contributed by atoms with Gasteiger partial charge in [0.2, 0.25) is 10.0 Å². The molecule has 11 heteroatoms. The van der Waals surface area contributed by atoms with Gasteiger partial charge < -0.3 is 9.72 Å². The third-order valence-electron chi connectivity index (χ3n) is 4.30. The van der Waals surface area contributed by atoms with Crippen molar-refractivity contribution in [2.75, 3.05) is 21.2 Å². The molecule has 0 bridgehead atoms. The first-order chi connectivity index (χ1) is 12.6. The monoisotopic (exact) mass is 393 g/mol. The molecular formula is C16H19N5O5S. The second-order valence-electron chi connectivity index (χ2n) is 6.14. The maximum atomic E-state index is 12.3. The number of H-pyrrole nitrogens is 1. The second kappa shape index (κ2) is 6.35. The molecular weight excluding hydrogens is 374 g/mol. The van der Waals surface area contributed by atoms with E-state index in [0.717, 1.165) is 8.87 Å². The number of hydrogen-bond acceptors (Lipinski definition) is 6. The van der Waals surface area contributed by atoms with Crippen LogP contribution in [-0.4, -0.2) is 53.0 Å². The van der Waals surface area contributed by atoms with Crippen LogP contribution in [0.15, 0.2) is 32.7 Å². The first kappa shape index (κ1) is 18.9. The van der Waals surface area contributed by atoms with E-state index in [1.54, 1.807) is 0 Å². The number of nitrogens with zero attached hydrogens (tertiary/aromatic N) is 4. The van der Waals surface area contributed by atoms with Gasteiger partial charge in [0, 0.05) is 34.3 Å². The van der Waals surface area contributed by atoms with Gasteiger partial charge in [-0.3, -0.25) is 13.9 Å². The number of imidazole rings is 1. The van der Waals surface area contributed by atoms with Gasteiger partial charge in [0.05, 0.1) is 17.6 Å². The van der Waals surface area contributed by atoms with E-state index in [1.165, 1.54) is 58.1 Å². The number of hydrogen-bond donors (Lipinski definition) is 1. The smallest absolute Gasteiger partial charge is 0.332 e. The van der Waals surface area contributed by atoms with E-state index in [4.69, 9.17) is 4.74 Å². The molecule has 1 N–H and O–H groups in total. The number of aromatic nitrogens is 4. The van der Waals surface area contributed by atoms with Gasteiger partial charge in [0.15, 0.2) is 5.65 Å². The molecule has 0 spiro atoms. The van der Waals surface area contributed by atoms with E-state index < -0.39 is 21.3 Å². The number of benzene rings is 1. The Balaban J connectivity index is 2.26. The van der Waals surface area contributed by atoms with Crippen molar-refractivity contribution in [3.05, 3.63) is 39.0 Å². The summed E-state index contributed by atoms with van der Waals surface area (Å²) in [5.74, 6) is 0.549. The van der Waals surface area contributed by atoms with Gasteiger partial charge in [-0.2, -0.15) is 0 Å². The molecule has 2 aromatic heterocycles. The summed E-state index contributed by atoms with van der Waals surface area (Å²) in [7, 11) is 3.54. The quantitative estimate of drug-likeness (QED) is 0.660. The fourth-order valence-corrected chi connectivity index (χ4v) is 3.61. The van der Waals surface area contributed by atoms with Crippen molar-refractivity contribution < 1.29 is 13.2 Å². The van der Waals surface area contributed by atoms with Crippen LogP contribution in [0.25, 0.3) is 22.6 Å². The zero-order valence-corrected chi connectivity index (χ0v) is 16.3. The molecule has 144 valence electrons. The fraction of sp³-hybridized carbons (Fsp3) is 0.312. The van der Waals surface area contributed by atoms with Crippen molar-refractivity contribution in [2.45, 2.75) is 4.90 Å². The van der Waals surface area contributed by atoms with E-state index in [0.29, 0.717) is 5.56 Å². The van der Waals surface area contributed by atoms with E-state index in [1.807, 2.05) is 0 Å². The molecule has 2 heterocycles. The lowest BCUT2D eigenvalue weighted by Gasteiger charge is -2.13. The minimum Gasteiger partial charge on any atom is -0.496 e. The molecule has 0 amide bonds. The summed E-state index contributed by atoms with van der Waals surface area (Å²) in [4.78, 5) is 31.7. The summed E-state index contributed by atoms with van der Waals surface area (Å²) >= 11 is 0. The highest BCUT2D eigenvalue weighted by molar-refractivity contribution is 7.89. The predicted molar refractivity (Wildman–Crippen MR) is 99.4 cm³/mol. The fourth-order valence-electron chi connectivity index (χ4n) is 2.69. The molecule has 0 unspecified atom stereocenters. The van der Waals surface area contributed by atoms with Crippen LogP contribution < -0.4 is 16.0 Å². The summed E-state index contributed by atoms with van der Waals surface area (Å²) in [6, 6.07) is 4.35. The number of sulfonamides is 1. The van der Waals surface area contributed by atoms with Crippen molar-refractivity contribution in [3.63, 3.8) is 0 Å². The van der Waals surface area contributed by atoms with Gasteiger partial charge in [-0.25, -0.2) is 22.5 Å². The summed E-state index contributed by atoms with van der Waals surface area (Å²) in [6.45, 7) is 0. The number of rotatable bonds is 4. The number of ether oxygens (including phenoxy) is 1. The van der Waals surface area contributed by atoms with Crippen LogP contribution >= 0.6 is 0 Å². The number of fused-ring (bicyclic) bond motifs is 1. The Kier molecular flexibility index (Phi) is 4.44. The lowest BCUT2D eigenvalue weighted by molar-refractivity contribution is 0.414. The predicted octanol–water partition coefficient (Wildman–Crippen LogP) is -0.114. The minimum absolute atomic E-state index is 0.0625. The Morgan fingerprint density at radius 3 is 2.41 bits per heavy atom. The van der Waals surface area contributed by atoms with Gasteiger partial charge in [-0.15, -0.1) is 0 Å². The highest BCUT2D eigenvalue weighted by atomic mass is 32.2. The lowest BCUT2D eigenvalue weighted by Crippen LogP contribution is -2.36. The Labute approximate surface area is 154 Å². The van der Waals surface area contributed by atoms with Crippen molar-refractivity contribution >= 4 is 21.2 Å². The SMILES string of the molecule is COc1cc(S(=O)(=O)N(C)C)ccc1-c1nc2c([nH]1)c(=O)n(C)c(=O)n2C. The summed E-state index contributed by atoms with van der Waals surface area (Å²) in [5.41, 5.74) is -0.171. The van der Waals surface area contributed by atoms with Crippen molar-refractivity contribution in [1.29, 1.82) is 0 Å². The molecule has 27 heavy (non-hydrogen) atoms. The number of aromatic amines is 1. The van der Waals surface area contributed by atoms with Gasteiger partial charge in [-0.1, -0.05) is 0 Å². The topological polar surface area (TPSA) is 119 Å². The van der Waals surface area contributed by atoms with Crippen molar-refractivity contribution in [2.24, 2.45) is 14.1 Å². The molecule has 0 saturated carbocycles. The van der Waals surface area contributed by atoms with Crippen LogP contribution in [-0.2, 0) is 24.1 Å². The van der Waals surface area contributed by atoms with Crippen LogP contribution in [0, 0.1) is 0 Å². The van der Waals surface area contributed by atoms with E-state index in [-0.39, 0.29) is 27.6 Å². The molecule has 0 saturated heterocycles. The Bertz CT molecular complexity index is 1270. The Morgan fingerprint density at radius 1 is 1.15 bits per heavy atom. The zero-order valence-electron chi connectivity index (χ0n) is 15.5. The van der Waals surface area contributed by atoms with Crippen LogP contribution in [0.4, 0.5) is 0 Å². The van der Waals surface area contributed by atoms with Gasteiger partial charge in [0.1, 0.15) is 17.1 Å². The van der Waals surface area contributed by atoms with E-state index in [2.05, 4.69) is 9.97 Å².